The summed E-state index contributed by atoms with van der Waals surface area (Å²) in [7, 11) is 3.16. The smallest absolute Gasteiger partial charge is 0.192 e. The van der Waals surface area contributed by atoms with E-state index < -0.39 is 0 Å². The fourth-order valence-corrected chi connectivity index (χ4v) is 3.39. The highest BCUT2D eigenvalue weighted by Crippen LogP contribution is 2.35. The molecule has 0 aliphatic rings. The van der Waals surface area contributed by atoms with Crippen molar-refractivity contribution in [3.05, 3.63) is 58.8 Å². The minimum Gasteiger partial charge on any atom is -0.497 e. The second-order valence-corrected chi connectivity index (χ2v) is 5.63. The summed E-state index contributed by atoms with van der Waals surface area (Å²) in [6.45, 7) is 0. The molecule has 3 aromatic rings. The minimum atomic E-state index is -0.0397. The molecule has 21 heavy (non-hydrogen) atoms. The van der Waals surface area contributed by atoms with Gasteiger partial charge in [0.15, 0.2) is 5.43 Å². The molecule has 0 bridgehead atoms. The zero-order chi connectivity index (χ0) is 14.8. The Bertz CT molecular complexity index is 838. The van der Waals surface area contributed by atoms with E-state index in [0.717, 1.165) is 15.1 Å². The molecule has 0 N–H and O–H groups in total. The molecular weight excluding hydrogens is 284 g/mol. The van der Waals surface area contributed by atoms with Crippen molar-refractivity contribution in [1.82, 2.24) is 0 Å². The summed E-state index contributed by atoms with van der Waals surface area (Å²) in [4.78, 5) is 13.4. The molecule has 0 saturated heterocycles. The molecule has 4 heteroatoms. The largest absolute Gasteiger partial charge is 0.497 e. The van der Waals surface area contributed by atoms with Crippen LogP contribution in [0.3, 0.4) is 0 Å². The lowest BCUT2D eigenvalue weighted by Crippen LogP contribution is -2.02. The molecule has 3 nitrogen and oxygen atoms in total. The molecule has 1 heterocycles. The summed E-state index contributed by atoms with van der Waals surface area (Å²) in [6.07, 6.45) is 0. The van der Waals surface area contributed by atoms with Crippen LogP contribution in [-0.2, 0) is 0 Å². The molecule has 0 aliphatic heterocycles. The fourth-order valence-electron chi connectivity index (χ4n) is 2.25. The van der Waals surface area contributed by atoms with Gasteiger partial charge in [0, 0.05) is 21.7 Å². The van der Waals surface area contributed by atoms with Crippen molar-refractivity contribution in [1.29, 1.82) is 0 Å². The molecule has 2 aromatic carbocycles. The highest BCUT2D eigenvalue weighted by molar-refractivity contribution is 7.21. The topological polar surface area (TPSA) is 35.5 Å². The third-order valence-electron chi connectivity index (χ3n) is 3.28. The van der Waals surface area contributed by atoms with Crippen molar-refractivity contribution in [3.8, 4) is 21.9 Å². The Balaban J connectivity index is 2.31. The van der Waals surface area contributed by atoms with E-state index in [1.54, 1.807) is 37.7 Å². The van der Waals surface area contributed by atoms with Gasteiger partial charge < -0.3 is 9.47 Å². The number of hydrogen-bond donors (Lipinski definition) is 0. The summed E-state index contributed by atoms with van der Waals surface area (Å²) < 4.78 is 11.5. The van der Waals surface area contributed by atoms with Gasteiger partial charge in [-0.05, 0) is 11.6 Å². The number of benzene rings is 2. The van der Waals surface area contributed by atoms with Gasteiger partial charge in [-0.25, -0.2) is 0 Å². The average molecular weight is 298 g/mol. The lowest BCUT2D eigenvalue weighted by molar-refractivity contribution is 0.398. The first-order chi connectivity index (χ1) is 10.2. The Morgan fingerprint density at radius 2 is 1.71 bits per heavy atom. The average Bonchev–Trinajstić information content (AvgIpc) is 2.54. The van der Waals surface area contributed by atoms with Crippen molar-refractivity contribution in [2.75, 3.05) is 14.2 Å². The van der Waals surface area contributed by atoms with E-state index in [2.05, 4.69) is 0 Å². The molecule has 0 atom stereocenters. The molecule has 0 unspecified atom stereocenters. The van der Waals surface area contributed by atoms with Crippen molar-refractivity contribution < 1.29 is 9.47 Å². The quantitative estimate of drug-likeness (QED) is 0.734. The molecule has 0 fully saturated rings. The van der Waals surface area contributed by atoms with Crippen LogP contribution in [0.4, 0.5) is 0 Å². The second kappa shape index (κ2) is 5.58. The number of hydrogen-bond acceptors (Lipinski definition) is 4. The molecule has 0 spiro atoms. The van der Waals surface area contributed by atoms with Crippen LogP contribution in [0, 0.1) is 0 Å². The lowest BCUT2D eigenvalue weighted by Gasteiger charge is -2.09. The first-order valence-electron chi connectivity index (χ1n) is 6.48. The second-order valence-electron chi connectivity index (χ2n) is 4.54. The monoisotopic (exact) mass is 298 g/mol. The summed E-state index contributed by atoms with van der Waals surface area (Å²) >= 11 is 1.55. The Kier molecular flexibility index (Phi) is 3.62. The van der Waals surface area contributed by atoms with E-state index in [9.17, 15) is 4.79 Å². The normalized spacial score (nSPS) is 10.6. The third kappa shape index (κ3) is 2.50. The van der Waals surface area contributed by atoms with Gasteiger partial charge in [0.1, 0.15) is 11.5 Å². The maximum absolute atomic E-state index is 12.4. The van der Waals surface area contributed by atoms with Crippen molar-refractivity contribution >= 4 is 21.4 Å². The molecule has 3 rings (SSSR count). The van der Waals surface area contributed by atoms with E-state index in [4.69, 9.17) is 9.47 Å². The highest BCUT2D eigenvalue weighted by Gasteiger charge is 2.11. The summed E-state index contributed by atoms with van der Waals surface area (Å²) in [5.74, 6) is 1.23. The predicted octanol–water partition coefficient (Wildman–Crippen LogP) is 3.95. The fraction of sp³-hybridized carbons (Fsp3) is 0.118. The number of fused-ring (bicyclic) bond motifs is 1. The van der Waals surface area contributed by atoms with E-state index in [-0.39, 0.29) is 5.43 Å². The first kappa shape index (κ1) is 13.6. The van der Waals surface area contributed by atoms with Crippen LogP contribution in [0.2, 0.25) is 0 Å². The van der Waals surface area contributed by atoms with Gasteiger partial charge in [0.25, 0.3) is 0 Å². The van der Waals surface area contributed by atoms with Crippen LogP contribution in [0.1, 0.15) is 0 Å². The van der Waals surface area contributed by atoms with Gasteiger partial charge >= 0.3 is 0 Å². The number of methoxy groups -OCH3 is 2. The van der Waals surface area contributed by atoms with Crippen LogP contribution < -0.4 is 14.9 Å². The van der Waals surface area contributed by atoms with Crippen LogP contribution in [0.5, 0.6) is 11.5 Å². The Morgan fingerprint density at radius 3 is 2.38 bits per heavy atom. The first-order valence-corrected chi connectivity index (χ1v) is 7.30. The molecule has 0 saturated carbocycles. The molecule has 106 valence electrons. The zero-order valence-electron chi connectivity index (χ0n) is 11.8. The maximum Gasteiger partial charge on any atom is 0.192 e. The van der Waals surface area contributed by atoms with Gasteiger partial charge in [-0.15, -0.1) is 11.3 Å². The molecule has 1 aromatic heterocycles. The minimum absolute atomic E-state index is 0.0397. The standard InChI is InChI=1S/C17H14O3S/c1-19-12-8-14(20-2)17-13(18)10-15(21-16(17)9-12)11-6-4-3-5-7-11/h3-10H,1-2H3. The van der Waals surface area contributed by atoms with E-state index in [1.165, 1.54) is 0 Å². The molecular formula is C17H14O3S. The summed E-state index contributed by atoms with van der Waals surface area (Å²) in [5.41, 5.74) is 0.991. The zero-order valence-corrected chi connectivity index (χ0v) is 12.6. The Labute approximate surface area is 126 Å². The molecule has 0 amide bonds. The van der Waals surface area contributed by atoms with Crippen LogP contribution >= 0.6 is 11.3 Å². The Morgan fingerprint density at radius 1 is 0.952 bits per heavy atom. The van der Waals surface area contributed by atoms with Gasteiger partial charge in [0.05, 0.1) is 19.6 Å². The van der Waals surface area contributed by atoms with E-state index in [0.29, 0.717) is 16.9 Å². The highest BCUT2D eigenvalue weighted by atomic mass is 32.1. The van der Waals surface area contributed by atoms with Gasteiger partial charge in [0.2, 0.25) is 0 Å². The predicted molar refractivity (Wildman–Crippen MR) is 86.6 cm³/mol. The van der Waals surface area contributed by atoms with Crippen molar-refractivity contribution in [3.63, 3.8) is 0 Å². The van der Waals surface area contributed by atoms with Crippen molar-refractivity contribution in [2.24, 2.45) is 0 Å². The van der Waals surface area contributed by atoms with Crippen LogP contribution in [0.15, 0.2) is 53.3 Å². The summed E-state index contributed by atoms with van der Waals surface area (Å²) in [5, 5.41) is 0.600. The number of rotatable bonds is 3. The van der Waals surface area contributed by atoms with E-state index in [1.807, 2.05) is 36.4 Å². The van der Waals surface area contributed by atoms with Crippen molar-refractivity contribution in [2.45, 2.75) is 0 Å². The van der Waals surface area contributed by atoms with Gasteiger partial charge in [-0.2, -0.15) is 0 Å². The van der Waals surface area contributed by atoms with Crippen LogP contribution in [0.25, 0.3) is 20.5 Å². The van der Waals surface area contributed by atoms with E-state index >= 15 is 0 Å². The SMILES string of the molecule is COc1cc(OC)c2c(=O)cc(-c3ccccc3)sc2c1. The summed E-state index contributed by atoms with van der Waals surface area (Å²) in [6, 6.07) is 15.1. The molecule has 0 aliphatic carbocycles. The van der Waals surface area contributed by atoms with Crippen LogP contribution in [-0.4, -0.2) is 14.2 Å². The third-order valence-corrected chi connectivity index (χ3v) is 4.40. The maximum atomic E-state index is 12.4. The Hall–Kier alpha value is -2.33. The lowest BCUT2D eigenvalue weighted by atomic mass is 10.1. The number of ether oxygens (including phenoxy) is 2. The van der Waals surface area contributed by atoms with Gasteiger partial charge in [-0.1, -0.05) is 30.3 Å². The molecule has 0 radical (unpaired) electrons. The van der Waals surface area contributed by atoms with Gasteiger partial charge in [-0.3, -0.25) is 4.79 Å².